The van der Waals surface area contributed by atoms with Gasteiger partial charge in [0.05, 0.1) is 0 Å². The summed E-state index contributed by atoms with van der Waals surface area (Å²) in [6.45, 7) is 8.52. The van der Waals surface area contributed by atoms with E-state index >= 15 is 0 Å². The summed E-state index contributed by atoms with van der Waals surface area (Å²) in [7, 11) is 0. The lowest BCUT2D eigenvalue weighted by Gasteiger charge is -2.23. The lowest BCUT2D eigenvalue weighted by atomic mass is 10.1. The monoisotopic (exact) mass is 227 g/mol. The van der Waals surface area contributed by atoms with Gasteiger partial charge < -0.3 is 10.1 Å². The predicted molar refractivity (Wildman–Crippen MR) is 65.3 cm³/mol. The molecule has 1 atom stereocenters. The van der Waals surface area contributed by atoms with Crippen LogP contribution in [0.15, 0.2) is 0 Å². The smallest absolute Gasteiger partial charge is 0.323 e. The van der Waals surface area contributed by atoms with Crippen LogP contribution in [0.4, 0.5) is 0 Å². The topological polar surface area (TPSA) is 38.3 Å². The van der Waals surface area contributed by atoms with Crippen LogP contribution in [0, 0.1) is 5.92 Å². The summed E-state index contributed by atoms with van der Waals surface area (Å²) in [4.78, 5) is 11.7. The first-order valence-corrected chi connectivity index (χ1v) is 6.35. The highest BCUT2D eigenvalue weighted by atomic mass is 16.6. The van der Waals surface area contributed by atoms with E-state index in [4.69, 9.17) is 4.74 Å². The van der Waals surface area contributed by atoms with Gasteiger partial charge in [0, 0.05) is 0 Å². The summed E-state index contributed by atoms with van der Waals surface area (Å²) in [6, 6.07) is -0.195. The van der Waals surface area contributed by atoms with E-state index in [9.17, 15) is 4.79 Å². The first-order chi connectivity index (χ1) is 7.38. The number of carbonyl (C=O) groups excluding carboxylic acids is 1. The summed E-state index contributed by atoms with van der Waals surface area (Å²) < 4.78 is 5.31. The van der Waals surface area contributed by atoms with Gasteiger partial charge in [0.15, 0.2) is 0 Å². The van der Waals surface area contributed by atoms with Crippen LogP contribution in [-0.4, -0.2) is 24.2 Å². The third kappa shape index (κ3) is 4.97. The Kier molecular flexibility index (Phi) is 4.78. The van der Waals surface area contributed by atoms with E-state index in [0.29, 0.717) is 0 Å². The van der Waals surface area contributed by atoms with Gasteiger partial charge in [0.1, 0.15) is 11.6 Å². The zero-order valence-corrected chi connectivity index (χ0v) is 11.0. The fourth-order valence-electron chi connectivity index (χ4n) is 2.03. The summed E-state index contributed by atoms with van der Waals surface area (Å²) in [5, 5.41) is 3.27. The molecule has 0 aliphatic heterocycles. The van der Waals surface area contributed by atoms with Crippen LogP contribution in [-0.2, 0) is 9.53 Å². The minimum absolute atomic E-state index is 0.148. The molecule has 94 valence electrons. The van der Waals surface area contributed by atoms with E-state index in [1.807, 2.05) is 27.7 Å². The zero-order chi connectivity index (χ0) is 12.2. The molecular formula is C13H25NO2. The molecule has 3 nitrogen and oxygen atoms in total. The first kappa shape index (κ1) is 13.5. The highest BCUT2D eigenvalue weighted by molar-refractivity contribution is 5.75. The Morgan fingerprint density at radius 2 is 1.94 bits per heavy atom. The van der Waals surface area contributed by atoms with Gasteiger partial charge in [0.25, 0.3) is 0 Å². The predicted octanol–water partition coefficient (Wildman–Crippen LogP) is 2.50. The Bertz CT molecular complexity index is 227. The maximum atomic E-state index is 11.7. The first-order valence-electron chi connectivity index (χ1n) is 6.35. The standard InChI is InChI=1S/C13H25NO2/c1-10(12(15)16-13(2,3)4)14-9-11-7-5-6-8-11/h10-11,14H,5-9H2,1-4H3. The minimum Gasteiger partial charge on any atom is -0.459 e. The molecule has 0 heterocycles. The van der Waals surface area contributed by atoms with Gasteiger partial charge in [-0.3, -0.25) is 4.79 Å². The summed E-state index contributed by atoms with van der Waals surface area (Å²) in [5.74, 6) is 0.607. The summed E-state index contributed by atoms with van der Waals surface area (Å²) in [6.07, 6.45) is 5.28. The molecule has 0 amide bonds. The molecular weight excluding hydrogens is 202 g/mol. The van der Waals surface area contributed by atoms with E-state index in [1.165, 1.54) is 25.7 Å². The maximum Gasteiger partial charge on any atom is 0.323 e. The lowest BCUT2D eigenvalue weighted by molar-refractivity contribution is -0.157. The summed E-state index contributed by atoms with van der Waals surface area (Å²) >= 11 is 0. The highest BCUT2D eigenvalue weighted by Gasteiger charge is 2.22. The van der Waals surface area contributed by atoms with Crippen molar-refractivity contribution in [1.82, 2.24) is 5.32 Å². The van der Waals surface area contributed by atoms with Gasteiger partial charge in [-0.05, 0) is 53.0 Å². The molecule has 1 unspecified atom stereocenters. The van der Waals surface area contributed by atoms with Gasteiger partial charge in [0.2, 0.25) is 0 Å². The molecule has 0 aromatic carbocycles. The van der Waals surface area contributed by atoms with Crippen molar-refractivity contribution in [2.75, 3.05) is 6.54 Å². The molecule has 0 spiro atoms. The fourth-order valence-corrected chi connectivity index (χ4v) is 2.03. The Morgan fingerprint density at radius 1 is 1.38 bits per heavy atom. The second-order valence-corrected chi connectivity index (χ2v) is 5.81. The molecule has 1 fully saturated rings. The fraction of sp³-hybridized carbons (Fsp3) is 0.923. The summed E-state index contributed by atoms with van der Waals surface area (Å²) in [5.41, 5.74) is -0.389. The number of carbonyl (C=O) groups is 1. The van der Waals surface area contributed by atoms with Crippen LogP contribution in [0.5, 0.6) is 0 Å². The molecule has 1 N–H and O–H groups in total. The van der Waals surface area contributed by atoms with Crippen LogP contribution in [0.3, 0.4) is 0 Å². The molecule has 1 rings (SSSR count). The van der Waals surface area contributed by atoms with Gasteiger partial charge in [-0.2, -0.15) is 0 Å². The van der Waals surface area contributed by atoms with Crippen molar-refractivity contribution in [3.8, 4) is 0 Å². The molecule has 3 heteroatoms. The van der Waals surface area contributed by atoms with Crippen molar-refractivity contribution in [1.29, 1.82) is 0 Å². The van der Waals surface area contributed by atoms with Crippen LogP contribution in [0.1, 0.15) is 53.4 Å². The molecule has 16 heavy (non-hydrogen) atoms. The van der Waals surface area contributed by atoms with Crippen LogP contribution in [0.25, 0.3) is 0 Å². The molecule has 1 saturated carbocycles. The van der Waals surface area contributed by atoms with Crippen molar-refractivity contribution >= 4 is 5.97 Å². The average Bonchev–Trinajstić information content (AvgIpc) is 2.63. The molecule has 0 saturated heterocycles. The highest BCUT2D eigenvalue weighted by Crippen LogP contribution is 2.23. The van der Waals surface area contributed by atoms with Crippen molar-refractivity contribution in [3.63, 3.8) is 0 Å². The van der Waals surface area contributed by atoms with E-state index in [-0.39, 0.29) is 17.6 Å². The van der Waals surface area contributed by atoms with Gasteiger partial charge in [-0.15, -0.1) is 0 Å². The van der Waals surface area contributed by atoms with Crippen LogP contribution in [0.2, 0.25) is 0 Å². The van der Waals surface area contributed by atoms with Crippen molar-refractivity contribution in [3.05, 3.63) is 0 Å². The van der Waals surface area contributed by atoms with Crippen molar-refractivity contribution < 1.29 is 9.53 Å². The normalized spacial score (nSPS) is 19.8. The zero-order valence-electron chi connectivity index (χ0n) is 11.0. The molecule has 1 aliphatic rings. The third-order valence-corrected chi connectivity index (χ3v) is 2.95. The maximum absolute atomic E-state index is 11.7. The Hall–Kier alpha value is -0.570. The molecule has 0 bridgehead atoms. The van der Waals surface area contributed by atoms with Crippen molar-refractivity contribution in [2.45, 2.75) is 65.0 Å². The van der Waals surface area contributed by atoms with E-state index in [0.717, 1.165) is 12.5 Å². The number of nitrogens with one attached hydrogen (secondary N) is 1. The Labute approximate surface area is 98.9 Å². The molecule has 0 aromatic rings. The Balaban J connectivity index is 2.23. The lowest BCUT2D eigenvalue weighted by Crippen LogP contribution is -2.40. The van der Waals surface area contributed by atoms with Crippen LogP contribution >= 0.6 is 0 Å². The largest absolute Gasteiger partial charge is 0.459 e. The average molecular weight is 227 g/mol. The van der Waals surface area contributed by atoms with Gasteiger partial charge in [-0.1, -0.05) is 12.8 Å². The van der Waals surface area contributed by atoms with E-state index < -0.39 is 0 Å². The number of hydrogen-bond acceptors (Lipinski definition) is 3. The second kappa shape index (κ2) is 5.67. The molecule has 0 radical (unpaired) electrons. The molecule has 1 aliphatic carbocycles. The number of hydrogen-bond donors (Lipinski definition) is 1. The van der Waals surface area contributed by atoms with Gasteiger partial charge in [-0.25, -0.2) is 0 Å². The minimum atomic E-state index is -0.389. The van der Waals surface area contributed by atoms with Crippen LogP contribution < -0.4 is 5.32 Å². The second-order valence-electron chi connectivity index (χ2n) is 5.81. The number of ether oxygens (including phenoxy) is 1. The third-order valence-electron chi connectivity index (χ3n) is 2.95. The van der Waals surface area contributed by atoms with Crippen molar-refractivity contribution in [2.24, 2.45) is 5.92 Å². The van der Waals surface area contributed by atoms with E-state index in [1.54, 1.807) is 0 Å². The number of rotatable bonds is 4. The quantitative estimate of drug-likeness (QED) is 0.750. The van der Waals surface area contributed by atoms with Gasteiger partial charge >= 0.3 is 5.97 Å². The van der Waals surface area contributed by atoms with E-state index in [2.05, 4.69) is 5.32 Å². The SMILES string of the molecule is CC(NCC1CCCC1)C(=O)OC(C)(C)C. The number of esters is 1. The molecule has 0 aromatic heterocycles. The Morgan fingerprint density at radius 3 is 2.44 bits per heavy atom.